The molecule has 240 valence electrons. The number of morpholine rings is 1. The first-order valence-corrected chi connectivity index (χ1v) is 16.0. The Kier molecular flexibility index (Phi) is 8.64. The van der Waals surface area contributed by atoms with Crippen molar-refractivity contribution in [1.82, 2.24) is 29.5 Å². The lowest BCUT2D eigenvalue weighted by atomic mass is 10.0. The highest BCUT2D eigenvalue weighted by Crippen LogP contribution is 2.49. The molecule has 4 aliphatic rings. The van der Waals surface area contributed by atoms with Crippen LogP contribution < -0.4 is 11.1 Å². The average molecular weight is 644 g/mol. The maximum atomic E-state index is 12.9. The van der Waals surface area contributed by atoms with Gasteiger partial charge in [0.2, 0.25) is 17.4 Å². The molecule has 0 aromatic carbocycles. The molecule has 3 saturated heterocycles. The van der Waals surface area contributed by atoms with Crippen LogP contribution >= 0.6 is 7.75 Å². The van der Waals surface area contributed by atoms with Gasteiger partial charge in [-0.25, -0.2) is 24.2 Å². The molecular weight excluding hydrogens is 609 g/mol. The van der Waals surface area contributed by atoms with E-state index in [1.54, 1.807) is 18.4 Å². The van der Waals surface area contributed by atoms with Crippen molar-refractivity contribution in [3.63, 3.8) is 0 Å². The summed E-state index contributed by atoms with van der Waals surface area (Å²) in [7, 11) is -4.09. The fourth-order valence-corrected chi connectivity index (χ4v) is 6.62. The number of carbonyl (C=O) groups excluding carboxylic acids is 1. The molecule has 0 aliphatic carbocycles. The van der Waals surface area contributed by atoms with Crippen molar-refractivity contribution in [3.8, 4) is 24.2 Å². The lowest BCUT2D eigenvalue weighted by molar-refractivity contribution is -0.199. The van der Waals surface area contributed by atoms with Crippen molar-refractivity contribution in [2.24, 2.45) is 10.2 Å². The average Bonchev–Trinajstić information content (AvgIpc) is 3.32. The van der Waals surface area contributed by atoms with Crippen LogP contribution in [0.15, 0.2) is 16.6 Å². The highest BCUT2D eigenvalue weighted by atomic mass is 31.2. The van der Waals surface area contributed by atoms with Gasteiger partial charge >= 0.3 is 7.75 Å². The molecule has 2 aromatic rings. The minimum Gasteiger partial charge on any atom is -0.382 e. The molecular formula is C27H34N9O8P. The molecule has 18 heteroatoms. The summed E-state index contributed by atoms with van der Waals surface area (Å²) in [5.74, 6) is 7.18. The summed E-state index contributed by atoms with van der Waals surface area (Å²) < 4.78 is 45.3. The van der Waals surface area contributed by atoms with E-state index in [0.29, 0.717) is 37.2 Å². The number of hydrogen-bond donors (Lipinski definition) is 3. The molecule has 1 unspecified atom stereocenters. The zero-order valence-corrected chi connectivity index (χ0v) is 25.7. The Morgan fingerprint density at radius 3 is 2.76 bits per heavy atom. The van der Waals surface area contributed by atoms with Crippen molar-refractivity contribution < 1.29 is 37.7 Å². The number of nitrogens with one attached hydrogen (secondary N) is 1. The Morgan fingerprint density at radius 2 is 2.02 bits per heavy atom. The summed E-state index contributed by atoms with van der Waals surface area (Å²) in [5.41, 5.74) is 6.14. The quantitative estimate of drug-likeness (QED) is 0.241. The van der Waals surface area contributed by atoms with Crippen molar-refractivity contribution in [2.75, 3.05) is 45.2 Å². The largest absolute Gasteiger partial charge is 0.405 e. The highest BCUT2D eigenvalue weighted by molar-refractivity contribution is 7.50. The van der Waals surface area contributed by atoms with Crippen LogP contribution in [-0.2, 0) is 32.8 Å². The zero-order chi connectivity index (χ0) is 31.8. The van der Waals surface area contributed by atoms with E-state index in [-0.39, 0.29) is 50.2 Å². The van der Waals surface area contributed by atoms with Gasteiger partial charge in [-0.05, 0) is 19.8 Å². The van der Waals surface area contributed by atoms with Crippen LogP contribution in [-0.4, -0.2) is 104 Å². The van der Waals surface area contributed by atoms with Gasteiger partial charge in [0.15, 0.2) is 23.5 Å². The van der Waals surface area contributed by atoms with Crippen LogP contribution in [0.2, 0.25) is 0 Å². The van der Waals surface area contributed by atoms with E-state index >= 15 is 0 Å². The summed E-state index contributed by atoms with van der Waals surface area (Å²) >= 11 is 0. The first-order valence-electron chi connectivity index (χ1n) is 14.4. The first-order chi connectivity index (χ1) is 21.5. The minimum absolute atomic E-state index is 0.0429. The third-order valence-electron chi connectivity index (χ3n) is 7.67. The van der Waals surface area contributed by atoms with Crippen molar-refractivity contribution in [2.45, 2.75) is 69.1 Å². The van der Waals surface area contributed by atoms with E-state index in [1.807, 2.05) is 0 Å². The molecule has 4 N–H and O–H groups in total. The van der Waals surface area contributed by atoms with Crippen LogP contribution in [0.3, 0.4) is 0 Å². The van der Waals surface area contributed by atoms with Gasteiger partial charge in [-0.1, -0.05) is 5.92 Å². The Morgan fingerprint density at radius 1 is 1.27 bits per heavy atom. The molecule has 0 saturated carbocycles. The molecule has 4 aliphatic heterocycles. The van der Waals surface area contributed by atoms with Crippen LogP contribution in [0.25, 0.3) is 11.2 Å². The lowest BCUT2D eigenvalue weighted by Crippen LogP contribution is -2.36. The fourth-order valence-electron chi connectivity index (χ4n) is 5.44. The fraction of sp³-hybridized carbons (Fsp3) is 0.630. The van der Waals surface area contributed by atoms with Gasteiger partial charge < -0.3 is 34.9 Å². The molecule has 17 nitrogen and oxygen atoms in total. The number of aromatic nitrogens is 4. The van der Waals surface area contributed by atoms with Gasteiger partial charge in [-0.3, -0.25) is 13.9 Å². The molecule has 6 heterocycles. The summed E-state index contributed by atoms with van der Waals surface area (Å²) in [5, 5.41) is 10.6. The van der Waals surface area contributed by atoms with Crippen LogP contribution in [0, 0.1) is 24.2 Å². The number of rotatable bonds is 10. The van der Waals surface area contributed by atoms with E-state index in [4.69, 9.17) is 35.6 Å². The van der Waals surface area contributed by atoms with Gasteiger partial charge in [0.1, 0.15) is 23.8 Å². The number of fused-ring (bicyclic) bond motifs is 2. The topological polar surface area (TPSA) is 210 Å². The Hall–Kier alpha value is -3.51. The number of ether oxygens (including phenoxy) is 4. The Balaban J connectivity index is 1.15. The molecule has 45 heavy (non-hydrogen) atoms. The molecule has 0 spiro atoms. The smallest absolute Gasteiger partial charge is 0.382 e. The second-order valence-electron chi connectivity index (χ2n) is 11.4. The number of hydrogen-bond acceptors (Lipinski definition) is 13. The molecule has 2 aromatic heterocycles. The molecule has 3 fully saturated rings. The van der Waals surface area contributed by atoms with E-state index in [0.717, 1.165) is 0 Å². The summed E-state index contributed by atoms with van der Waals surface area (Å²) in [6.07, 6.45) is 5.14. The van der Waals surface area contributed by atoms with Gasteiger partial charge in [0, 0.05) is 25.9 Å². The summed E-state index contributed by atoms with van der Waals surface area (Å²) in [6, 6.07) is 0. The zero-order valence-electron chi connectivity index (χ0n) is 24.8. The Bertz CT molecular complexity index is 1630. The molecule has 0 bridgehead atoms. The van der Waals surface area contributed by atoms with Gasteiger partial charge in [-0.2, -0.15) is 10.2 Å². The van der Waals surface area contributed by atoms with Crippen LogP contribution in [0.4, 0.5) is 5.82 Å². The van der Waals surface area contributed by atoms with Gasteiger partial charge in [0.05, 0.1) is 39.1 Å². The summed E-state index contributed by atoms with van der Waals surface area (Å²) in [4.78, 5) is 36.0. The molecule has 6 rings (SSSR count). The SMILES string of the molecule is C#CCCC1(CC(=O)NCC#Cc2nc(N)c3ncn([C@H]4O[C@@H](COP(=O)(O)N5CCOCC5)[C@H]5OC(C)(C)O[C@H]54)c3n2)N=N1. The predicted octanol–water partition coefficient (Wildman–Crippen LogP) is 0.709. The van der Waals surface area contributed by atoms with Crippen molar-refractivity contribution in [3.05, 3.63) is 12.2 Å². The number of nitrogens with two attached hydrogens (primary N) is 1. The number of nitrogen functional groups attached to an aromatic ring is 1. The third kappa shape index (κ3) is 6.86. The van der Waals surface area contributed by atoms with Gasteiger partial charge in [0.25, 0.3) is 0 Å². The number of carbonyl (C=O) groups is 1. The van der Waals surface area contributed by atoms with Crippen LogP contribution in [0.1, 0.15) is 45.2 Å². The number of nitrogens with zero attached hydrogens (tertiary/aromatic N) is 7. The third-order valence-corrected chi connectivity index (χ3v) is 9.27. The minimum atomic E-state index is -4.09. The number of amides is 1. The monoisotopic (exact) mass is 643 g/mol. The molecule has 5 atom stereocenters. The number of imidazole rings is 1. The van der Waals surface area contributed by atoms with Crippen molar-refractivity contribution in [1.29, 1.82) is 0 Å². The van der Waals surface area contributed by atoms with E-state index in [2.05, 4.69) is 48.3 Å². The predicted molar refractivity (Wildman–Crippen MR) is 156 cm³/mol. The van der Waals surface area contributed by atoms with Gasteiger partial charge in [-0.15, -0.1) is 12.3 Å². The maximum absolute atomic E-state index is 12.9. The molecule has 0 radical (unpaired) electrons. The second-order valence-corrected chi connectivity index (χ2v) is 13.2. The number of terminal acetylenes is 1. The highest BCUT2D eigenvalue weighted by Gasteiger charge is 2.56. The van der Waals surface area contributed by atoms with E-state index in [1.165, 1.54) is 11.0 Å². The van der Waals surface area contributed by atoms with E-state index < -0.39 is 43.7 Å². The number of anilines is 1. The van der Waals surface area contributed by atoms with Crippen molar-refractivity contribution >= 4 is 30.6 Å². The molecule has 1 amide bonds. The summed E-state index contributed by atoms with van der Waals surface area (Å²) in [6.45, 7) is 4.61. The van der Waals surface area contributed by atoms with Crippen LogP contribution in [0.5, 0.6) is 0 Å². The maximum Gasteiger partial charge on any atom is 0.405 e. The standard InChI is InChI=1S/C27H34N9O8P/c1-4-5-8-27(33-34-27)14-19(37)29-9-6-7-18-31-23(28)20-24(32-18)36(16-30-20)25-22-21(43-26(2,3)44-22)17(42-25)15-41-45(38,39)35-10-12-40-13-11-35/h1,16-17,21-22,25H,5,8-15H2,2-3H3,(H,29,37)(H,38,39)(H2,28,31,32)/t17-,21+,22+,25-/m0/s1. The first kappa shape index (κ1) is 31.5. The lowest BCUT2D eigenvalue weighted by Gasteiger charge is -2.30. The van der Waals surface area contributed by atoms with E-state index in [9.17, 15) is 14.3 Å². The Labute approximate surface area is 258 Å². The normalized spacial score (nSPS) is 27.7. The second kappa shape index (κ2) is 12.4.